The summed E-state index contributed by atoms with van der Waals surface area (Å²) in [7, 11) is 0. The van der Waals surface area contributed by atoms with E-state index >= 15 is 0 Å². The maximum Gasteiger partial charge on any atom is 0.220 e. The molecule has 2 aromatic heterocycles. The Labute approximate surface area is 119 Å². The summed E-state index contributed by atoms with van der Waals surface area (Å²) in [5.41, 5.74) is 2.06. The van der Waals surface area contributed by atoms with Crippen LogP contribution in [0.1, 0.15) is 36.9 Å². The molecule has 0 saturated carbocycles. The van der Waals surface area contributed by atoms with Crippen LogP contribution in [-0.4, -0.2) is 20.7 Å². The highest BCUT2D eigenvalue weighted by molar-refractivity contribution is 5.75. The van der Waals surface area contributed by atoms with Crippen molar-refractivity contribution in [3.63, 3.8) is 0 Å². The van der Waals surface area contributed by atoms with Gasteiger partial charge in [-0.2, -0.15) is 5.10 Å². The van der Waals surface area contributed by atoms with Gasteiger partial charge in [0.25, 0.3) is 0 Å². The Kier molecular flexibility index (Phi) is 5.41. The van der Waals surface area contributed by atoms with Crippen LogP contribution >= 0.6 is 0 Å². The normalized spacial score (nSPS) is 10.7. The standard InChI is InChI=1S/C15H22N4O/c1-13-14(12-17-18-13)11-16-15(20)7-3-2-4-8-19-9-5-6-10-19/h5-6,9-10,12H,2-4,7-8,11H2,1H3,(H,16,20)(H,17,18). The van der Waals surface area contributed by atoms with Gasteiger partial charge in [-0.05, 0) is 31.9 Å². The third kappa shape index (κ3) is 4.57. The third-order valence-corrected chi connectivity index (χ3v) is 3.40. The number of carbonyl (C=O) groups excluding carboxylic acids is 1. The van der Waals surface area contributed by atoms with Gasteiger partial charge in [0.05, 0.1) is 6.20 Å². The summed E-state index contributed by atoms with van der Waals surface area (Å²) in [6.45, 7) is 3.54. The van der Waals surface area contributed by atoms with Crippen LogP contribution in [0.4, 0.5) is 0 Å². The number of aromatic nitrogens is 3. The van der Waals surface area contributed by atoms with E-state index in [0.717, 1.165) is 37.1 Å². The summed E-state index contributed by atoms with van der Waals surface area (Å²) in [4.78, 5) is 11.7. The number of hydrogen-bond donors (Lipinski definition) is 2. The molecule has 0 aromatic carbocycles. The molecule has 0 unspecified atom stereocenters. The average Bonchev–Trinajstić information content (AvgIpc) is 3.08. The Morgan fingerprint density at radius 3 is 2.80 bits per heavy atom. The van der Waals surface area contributed by atoms with Gasteiger partial charge in [-0.25, -0.2) is 0 Å². The molecular weight excluding hydrogens is 252 g/mol. The molecule has 0 spiro atoms. The number of nitrogens with zero attached hydrogens (tertiary/aromatic N) is 2. The maximum absolute atomic E-state index is 11.7. The Hall–Kier alpha value is -2.04. The van der Waals surface area contributed by atoms with Crippen LogP contribution < -0.4 is 5.32 Å². The smallest absolute Gasteiger partial charge is 0.220 e. The minimum atomic E-state index is 0.117. The molecular formula is C15H22N4O. The second kappa shape index (κ2) is 7.53. The highest BCUT2D eigenvalue weighted by Crippen LogP contribution is 2.04. The summed E-state index contributed by atoms with van der Waals surface area (Å²) in [6.07, 6.45) is 9.63. The van der Waals surface area contributed by atoms with Crippen molar-refractivity contribution in [2.24, 2.45) is 0 Å². The highest BCUT2D eigenvalue weighted by atomic mass is 16.1. The Morgan fingerprint density at radius 1 is 1.30 bits per heavy atom. The van der Waals surface area contributed by atoms with Gasteiger partial charge in [0.15, 0.2) is 0 Å². The number of amides is 1. The summed E-state index contributed by atoms with van der Waals surface area (Å²) < 4.78 is 2.17. The number of nitrogens with one attached hydrogen (secondary N) is 2. The van der Waals surface area contributed by atoms with Crippen molar-refractivity contribution in [3.8, 4) is 0 Å². The molecule has 5 nitrogen and oxygen atoms in total. The molecule has 0 bridgehead atoms. The maximum atomic E-state index is 11.7. The van der Waals surface area contributed by atoms with Gasteiger partial charge in [0, 0.05) is 43.2 Å². The van der Waals surface area contributed by atoms with Gasteiger partial charge in [-0.3, -0.25) is 9.89 Å². The minimum absolute atomic E-state index is 0.117. The zero-order valence-corrected chi connectivity index (χ0v) is 11.9. The van der Waals surface area contributed by atoms with Crippen LogP contribution in [0.15, 0.2) is 30.7 Å². The molecule has 0 fully saturated rings. The predicted octanol–water partition coefficient (Wildman–Crippen LogP) is 2.40. The first-order valence-corrected chi connectivity index (χ1v) is 7.12. The van der Waals surface area contributed by atoms with Crippen molar-refractivity contribution in [2.45, 2.75) is 45.7 Å². The molecule has 20 heavy (non-hydrogen) atoms. The van der Waals surface area contributed by atoms with Crippen molar-refractivity contribution < 1.29 is 4.79 Å². The molecule has 108 valence electrons. The lowest BCUT2D eigenvalue weighted by Gasteiger charge is -2.05. The van der Waals surface area contributed by atoms with Crippen LogP contribution in [0.3, 0.4) is 0 Å². The van der Waals surface area contributed by atoms with E-state index < -0.39 is 0 Å². The Morgan fingerprint density at radius 2 is 2.10 bits per heavy atom. The van der Waals surface area contributed by atoms with Gasteiger partial charge < -0.3 is 9.88 Å². The van der Waals surface area contributed by atoms with Crippen LogP contribution in [0.5, 0.6) is 0 Å². The van der Waals surface area contributed by atoms with Gasteiger partial charge in [0.2, 0.25) is 5.91 Å². The molecule has 2 aromatic rings. The number of aromatic amines is 1. The summed E-state index contributed by atoms with van der Waals surface area (Å²) in [5, 5.41) is 9.72. The van der Waals surface area contributed by atoms with Crippen LogP contribution in [0.25, 0.3) is 0 Å². The molecule has 0 radical (unpaired) electrons. The van der Waals surface area contributed by atoms with Crippen LogP contribution in [0, 0.1) is 6.92 Å². The van der Waals surface area contributed by atoms with Crippen LogP contribution in [0.2, 0.25) is 0 Å². The third-order valence-electron chi connectivity index (χ3n) is 3.40. The number of carbonyl (C=O) groups is 1. The topological polar surface area (TPSA) is 62.7 Å². The van der Waals surface area contributed by atoms with Crippen molar-refractivity contribution >= 4 is 5.91 Å². The zero-order valence-electron chi connectivity index (χ0n) is 11.9. The van der Waals surface area contributed by atoms with E-state index in [4.69, 9.17) is 0 Å². The van der Waals surface area contributed by atoms with E-state index in [9.17, 15) is 4.79 Å². The zero-order chi connectivity index (χ0) is 14.2. The summed E-state index contributed by atoms with van der Waals surface area (Å²) in [6, 6.07) is 4.07. The summed E-state index contributed by atoms with van der Waals surface area (Å²) in [5.74, 6) is 0.117. The van der Waals surface area contributed by atoms with Crippen molar-refractivity contribution in [3.05, 3.63) is 42.0 Å². The fraction of sp³-hybridized carbons (Fsp3) is 0.467. The lowest BCUT2D eigenvalue weighted by Crippen LogP contribution is -2.22. The van der Waals surface area contributed by atoms with Gasteiger partial charge in [-0.15, -0.1) is 0 Å². The molecule has 0 aliphatic heterocycles. The quantitative estimate of drug-likeness (QED) is 0.726. The molecule has 2 heterocycles. The molecule has 5 heteroatoms. The van der Waals surface area contributed by atoms with E-state index in [1.165, 1.54) is 0 Å². The molecule has 0 atom stereocenters. The number of hydrogen-bond acceptors (Lipinski definition) is 2. The first kappa shape index (κ1) is 14.4. The monoisotopic (exact) mass is 274 g/mol. The largest absolute Gasteiger partial charge is 0.354 e. The van der Waals surface area contributed by atoms with Gasteiger partial charge in [-0.1, -0.05) is 6.42 Å². The lowest BCUT2D eigenvalue weighted by molar-refractivity contribution is -0.121. The second-order valence-corrected chi connectivity index (χ2v) is 5.03. The fourth-order valence-corrected chi connectivity index (χ4v) is 2.11. The first-order valence-electron chi connectivity index (χ1n) is 7.12. The van der Waals surface area contributed by atoms with Crippen molar-refractivity contribution in [2.75, 3.05) is 0 Å². The first-order chi connectivity index (χ1) is 9.75. The van der Waals surface area contributed by atoms with E-state index in [-0.39, 0.29) is 5.91 Å². The van der Waals surface area contributed by atoms with Crippen molar-refractivity contribution in [1.82, 2.24) is 20.1 Å². The average molecular weight is 274 g/mol. The molecule has 1 amide bonds. The van der Waals surface area contributed by atoms with E-state index in [2.05, 4.69) is 32.5 Å². The van der Waals surface area contributed by atoms with Gasteiger partial charge in [0.1, 0.15) is 0 Å². The molecule has 0 aliphatic carbocycles. The van der Waals surface area contributed by atoms with Crippen LogP contribution in [-0.2, 0) is 17.9 Å². The Balaban J connectivity index is 1.53. The van der Waals surface area contributed by atoms with E-state index in [0.29, 0.717) is 13.0 Å². The van der Waals surface area contributed by atoms with Gasteiger partial charge >= 0.3 is 0 Å². The van der Waals surface area contributed by atoms with E-state index in [1.54, 1.807) is 6.20 Å². The lowest BCUT2D eigenvalue weighted by atomic mass is 10.2. The number of aryl methyl sites for hydroxylation is 2. The SMILES string of the molecule is Cc1[nH]ncc1CNC(=O)CCCCCn1cccc1. The number of rotatable bonds is 8. The highest BCUT2D eigenvalue weighted by Gasteiger charge is 2.04. The Bertz CT molecular complexity index is 516. The summed E-state index contributed by atoms with van der Waals surface area (Å²) >= 11 is 0. The molecule has 0 aliphatic rings. The van der Waals surface area contributed by atoms with Crippen molar-refractivity contribution in [1.29, 1.82) is 0 Å². The predicted molar refractivity (Wildman–Crippen MR) is 78.1 cm³/mol. The molecule has 2 N–H and O–H groups in total. The van der Waals surface area contributed by atoms with E-state index in [1.807, 2.05) is 19.1 Å². The fourth-order valence-electron chi connectivity index (χ4n) is 2.11. The number of unbranched alkanes of at least 4 members (excludes halogenated alkanes) is 2. The minimum Gasteiger partial charge on any atom is -0.354 e. The molecule has 2 rings (SSSR count). The second-order valence-electron chi connectivity index (χ2n) is 5.03. The number of H-pyrrole nitrogens is 1. The molecule has 0 saturated heterocycles.